The van der Waals surface area contributed by atoms with Crippen molar-refractivity contribution in [2.45, 2.75) is 24.5 Å². The monoisotopic (exact) mass is 453 g/mol. The Kier molecular flexibility index (Phi) is 5.24. The molecule has 8 nitrogen and oxygen atoms in total. The molecule has 0 bridgehead atoms. The number of hydrogen-bond acceptors (Lipinski definition) is 8. The average Bonchev–Trinajstić information content (AvgIpc) is 3.57. The second-order valence-electron chi connectivity index (χ2n) is 7.04. The van der Waals surface area contributed by atoms with Gasteiger partial charge in [-0.2, -0.15) is 5.10 Å². The van der Waals surface area contributed by atoms with Gasteiger partial charge in [0.1, 0.15) is 17.2 Å². The van der Waals surface area contributed by atoms with Crippen LogP contribution in [0.2, 0.25) is 0 Å². The molecule has 4 aromatic heterocycles. The summed E-state index contributed by atoms with van der Waals surface area (Å²) in [6, 6.07) is 9.45. The second-order valence-corrected chi connectivity index (χ2v) is 8.96. The van der Waals surface area contributed by atoms with Crippen LogP contribution in [0, 0.1) is 6.92 Å². The Morgan fingerprint density at radius 1 is 1.23 bits per heavy atom. The summed E-state index contributed by atoms with van der Waals surface area (Å²) in [5, 5.41) is 17.4. The summed E-state index contributed by atoms with van der Waals surface area (Å²) in [6.07, 6.45) is 3.87. The molecule has 4 aromatic rings. The van der Waals surface area contributed by atoms with Crippen LogP contribution in [0.15, 0.2) is 67.3 Å². The highest BCUT2D eigenvalue weighted by Crippen LogP contribution is 2.36. The number of carbonyl (C=O) groups excluding carboxylic acids is 1. The number of aryl methyl sites for hydroxylation is 1. The summed E-state index contributed by atoms with van der Waals surface area (Å²) < 4.78 is 12.7. The van der Waals surface area contributed by atoms with Gasteiger partial charge in [0.25, 0.3) is 5.91 Å². The number of hydrazone groups is 1. The number of hydrogen-bond donors (Lipinski definition) is 0. The smallest absolute Gasteiger partial charge is 0.253 e. The number of thioether (sulfide) groups is 1. The van der Waals surface area contributed by atoms with Crippen LogP contribution >= 0.6 is 23.1 Å². The number of thiophene rings is 1. The average molecular weight is 454 g/mol. The van der Waals surface area contributed by atoms with Gasteiger partial charge in [-0.1, -0.05) is 17.8 Å². The van der Waals surface area contributed by atoms with Gasteiger partial charge in [0.2, 0.25) is 0 Å². The third kappa shape index (κ3) is 3.72. The van der Waals surface area contributed by atoms with Gasteiger partial charge in [-0.3, -0.25) is 4.79 Å². The molecule has 1 atom stereocenters. The maximum atomic E-state index is 13.1. The molecule has 0 saturated carbocycles. The normalized spacial score (nSPS) is 16.1. The first-order valence-corrected chi connectivity index (χ1v) is 11.5. The van der Waals surface area contributed by atoms with E-state index in [1.165, 1.54) is 11.8 Å². The van der Waals surface area contributed by atoms with Crippen LogP contribution in [0.4, 0.5) is 0 Å². The predicted octanol–water partition coefficient (Wildman–Crippen LogP) is 4.51. The minimum absolute atomic E-state index is 0.0889. The van der Waals surface area contributed by atoms with Crippen molar-refractivity contribution >= 4 is 34.7 Å². The number of nitrogens with zero attached hydrogens (tertiary/aromatic N) is 5. The molecule has 1 unspecified atom stereocenters. The van der Waals surface area contributed by atoms with Gasteiger partial charge in [-0.15, -0.1) is 21.5 Å². The fourth-order valence-electron chi connectivity index (χ4n) is 3.52. The minimum atomic E-state index is -0.128. The molecule has 0 aromatic carbocycles. The van der Waals surface area contributed by atoms with E-state index < -0.39 is 0 Å². The molecular weight excluding hydrogens is 434 g/mol. The van der Waals surface area contributed by atoms with E-state index in [9.17, 15) is 4.79 Å². The van der Waals surface area contributed by atoms with Crippen LogP contribution in [-0.4, -0.2) is 37.1 Å². The molecule has 0 N–H and O–H groups in total. The zero-order valence-electron chi connectivity index (χ0n) is 16.9. The van der Waals surface area contributed by atoms with E-state index in [0.717, 1.165) is 21.9 Å². The van der Waals surface area contributed by atoms with Gasteiger partial charge in [0, 0.05) is 18.3 Å². The van der Waals surface area contributed by atoms with Gasteiger partial charge < -0.3 is 13.4 Å². The highest BCUT2D eigenvalue weighted by Gasteiger charge is 2.34. The summed E-state index contributed by atoms with van der Waals surface area (Å²) in [5.41, 5.74) is 1.66. The van der Waals surface area contributed by atoms with Crippen molar-refractivity contribution in [3.05, 3.63) is 64.6 Å². The van der Waals surface area contributed by atoms with Crippen LogP contribution in [0.1, 0.15) is 28.9 Å². The molecule has 0 spiro atoms. The second kappa shape index (κ2) is 8.20. The van der Waals surface area contributed by atoms with E-state index in [4.69, 9.17) is 8.83 Å². The third-order valence-corrected chi connectivity index (χ3v) is 7.08. The van der Waals surface area contributed by atoms with Crippen LogP contribution in [0.3, 0.4) is 0 Å². The van der Waals surface area contributed by atoms with Crippen LogP contribution in [-0.2, 0) is 11.8 Å². The molecule has 31 heavy (non-hydrogen) atoms. The number of amides is 1. The van der Waals surface area contributed by atoms with E-state index in [0.29, 0.717) is 23.2 Å². The van der Waals surface area contributed by atoms with Gasteiger partial charge >= 0.3 is 0 Å². The molecule has 0 fully saturated rings. The first kappa shape index (κ1) is 19.8. The Balaban J connectivity index is 1.34. The number of carbonyl (C=O) groups is 1. The van der Waals surface area contributed by atoms with Gasteiger partial charge in [0.15, 0.2) is 11.0 Å². The van der Waals surface area contributed by atoms with Crippen molar-refractivity contribution in [1.29, 1.82) is 0 Å². The third-order valence-electron chi connectivity index (χ3n) is 5.10. The van der Waals surface area contributed by atoms with E-state index >= 15 is 0 Å². The summed E-state index contributed by atoms with van der Waals surface area (Å²) in [7, 11) is 1.88. The van der Waals surface area contributed by atoms with Crippen LogP contribution in [0.5, 0.6) is 0 Å². The van der Waals surface area contributed by atoms with Gasteiger partial charge in [-0.05, 0) is 36.6 Å². The highest BCUT2D eigenvalue weighted by molar-refractivity contribution is 7.99. The van der Waals surface area contributed by atoms with Crippen molar-refractivity contribution in [2.75, 3.05) is 5.75 Å². The van der Waals surface area contributed by atoms with Gasteiger partial charge in [-0.25, -0.2) is 5.01 Å². The van der Waals surface area contributed by atoms with E-state index in [2.05, 4.69) is 15.3 Å². The molecule has 0 aliphatic carbocycles. The summed E-state index contributed by atoms with van der Waals surface area (Å²) in [4.78, 5) is 14.2. The summed E-state index contributed by atoms with van der Waals surface area (Å²) >= 11 is 2.96. The zero-order chi connectivity index (χ0) is 21.4. The van der Waals surface area contributed by atoms with Crippen molar-refractivity contribution in [3.8, 4) is 11.4 Å². The van der Waals surface area contributed by atoms with Crippen molar-refractivity contribution < 1.29 is 13.6 Å². The number of furan rings is 2. The quantitative estimate of drug-likeness (QED) is 0.399. The molecule has 0 radical (unpaired) electrons. The standard InChI is InChI=1S/C21H19N5O3S2/c1-13-14(7-9-28-13)20-22-23-21(25(20)2)31-12-19(27)26-16(18-6-4-10-30-18)11-15(24-26)17-5-3-8-29-17/h3-10,16H,11-12H2,1-2H3. The molecule has 0 saturated heterocycles. The summed E-state index contributed by atoms with van der Waals surface area (Å²) in [6.45, 7) is 1.88. The molecule has 10 heteroatoms. The number of aromatic nitrogens is 3. The Bertz CT molecular complexity index is 1220. The number of rotatable bonds is 6. The van der Waals surface area contributed by atoms with Gasteiger partial charge in [0.05, 0.1) is 29.9 Å². The Labute approximate surface area is 186 Å². The Morgan fingerprint density at radius 3 is 2.84 bits per heavy atom. The SMILES string of the molecule is Cc1occc1-c1nnc(SCC(=O)N2N=C(c3ccco3)CC2c2cccs2)n1C. The lowest BCUT2D eigenvalue weighted by Gasteiger charge is -2.20. The topological polar surface area (TPSA) is 89.7 Å². The summed E-state index contributed by atoms with van der Waals surface area (Å²) in [5.74, 6) is 2.29. The molecule has 5 heterocycles. The lowest BCUT2D eigenvalue weighted by molar-refractivity contribution is -0.130. The van der Waals surface area contributed by atoms with Crippen molar-refractivity contribution in [1.82, 2.24) is 19.8 Å². The Hall–Kier alpha value is -3.11. The molecule has 1 aliphatic rings. The minimum Gasteiger partial charge on any atom is -0.469 e. The highest BCUT2D eigenvalue weighted by atomic mass is 32.2. The van der Waals surface area contributed by atoms with E-state index in [1.807, 2.05) is 54.3 Å². The lowest BCUT2D eigenvalue weighted by atomic mass is 10.1. The van der Waals surface area contributed by atoms with Crippen molar-refractivity contribution in [3.63, 3.8) is 0 Å². The van der Waals surface area contributed by atoms with Crippen LogP contribution < -0.4 is 0 Å². The molecule has 1 amide bonds. The zero-order valence-corrected chi connectivity index (χ0v) is 18.5. The molecule has 5 rings (SSSR count). The Morgan fingerprint density at radius 2 is 2.13 bits per heavy atom. The maximum absolute atomic E-state index is 13.1. The lowest BCUT2D eigenvalue weighted by Crippen LogP contribution is -2.28. The van der Waals surface area contributed by atoms with Crippen molar-refractivity contribution in [2.24, 2.45) is 12.1 Å². The maximum Gasteiger partial charge on any atom is 0.253 e. The molecule has 1 aliphatic heterocycles. The fourth-order valence-corrected chi connectivity index (χ4v) is 5.09. The fraction of sp³-hybridized carbons (Fsp3) is 0.238. The molecular formula is C21H19N5O3S2. The largest absolute Gasteiger partial charge is 0.469 e. The van der Waals surface area contributed by atoms with E-state index in [-0.39, 0.29) is 17.7 Å². The molecule has 158 valence electrons. The van der Waals surface area contributed by atoms with E-state index in [1.54, 1.807) is 28.9 Å². The van der Waals surface area contributed by atoms with Crippen LogP contribution in [0.25, 0.3) is 11.4 Å². The predicted molar refractivity (Wildman–Crippen MR) is 118 cm³/mol. The first-order valence-electron chi connectivity index (χ1n) is 9.65. The first-order chi connectivity index (χ1) is 15.1.